The number of hydrogen-bond acceptors (Lipinski definition) is 4. The van der Waals surface area contributed by atoms with Crippen molar-refractivity contribution < 1.29 is 4.74 Å². The third kappa shape index (κ3) is 2.60. The molecule has 2 rings (SSSR count). The monoisotopic (exact) mass is 268 g/mol. The zero-order valence-electron chi connectivity index (χ0n) is 11.8. The van der Waals surface area contributed by atoms with Crippen LogP contribution < -0.4 is 5.32 Å². The zero-order chi connectivity index (χ0) is 13.2. The van der Waals surface area contributed by atoms with E-state index in [1.165, 1.54) is 10.7 Å². The van der Waals surface area contributed by atoms with Gasteiger partial charge in [0.05, 0.1) is 17.3 Å². The molecule has 0 unspecified atom stereocenters. The molecule has 0 aromatic carbocycles. The van der Waals surface area contributed by atoms with Crippen LogP contribution in [0.3, 0.4) is 0 Å². The van der Waals surface area contributed by atoms with E-state index >= 15 is 0 Å². The maximum Gasteiger partial charge on any atom is 0.113 e. The van der Waals surface area contributed by atoms with Crippen molar-refractivity contribution in [3.05, 3.63) is 16.1 Å². The van der Waals surface area contributed by atoms with Gasteiger partial charge in [-0.05, 0) is 32.2 Å². The summed E-state index contributed by atoms with van der Waals surface area (Å²) in [7, 11) is 0. The summed E-state index contributed by atoms with van der Waals surface area (Å²) in [5, 5.41) is 7.06. The van der Waals surface area contributed by atoms with E-state index in [1.54, 1.807) is 11.3 Å². The van der Waals surface area contributed by atoms with Gasteiger partial charge < -0.3 is 10.1 Å². The number of ether oxygens (including phenoxy) is 1. The Bertz CT molecular complexity index is 383. The molecule has 0 radical (unpaired) electrons. The van der Waals surface area contributed by atoms with Crippen LogP contribution in [-0.4, -0.2) is 24.2 Å². The van der Waals surface area contributed by atoms with Gasteiger partial charge >= 0.3 is 0 Å². The molecule has 0 aliphatic heterocycles. The van der Waals surface area contributed by atoms with Crippen LogP contribution in [0.25, 0.3) is 0 Å². The molecule has 0 atom stereocenters. The third-order valence-electron chi connectivity index (χ3n) is 3.59. The van der Waals surface area contributed by atoms with Gasteiger partial charge in [-0.1, -0.05) is 20.8 Å². The Morgan fingerprint density at radius 2 is 2.22 bits per heavy atom. The average molecular weight is 268 g/mol. The molecule has 1 aliphatic carbocycles. The van der Waals surface area contributed by atoms with Crippen LogP contribution in [0.4, 0.5) is 0 Å². The van der Waals surface area contributed by atoms with E-state index in [-0.39, 0.29) is 5.54 Å². The molecule has 0 bridgehead atoms. The first-order chi connectivity index (χ1) is 8.61. The lowest BCUT2D eigenvalue weighted by atomic mass is 9.74. The van der Waals surface area contributed by atoms with Crippen LogP contribution in [0.15, 0.2) is 5.38 Å². The fourth-order valence-electron chi connectivity index (χ4n) is 2.58. The van der Waals surface area contributed by atoms with Crippen molar-refractivity contribution in [3.63, 3.8) is 0 Å². The first-order valence-corrected chi connectivity index (χ1v) is 7.81. The van der Waals surface area contributed by atoms with E-state index in [1.807, 2.05) is 0 Å². The van der Waals surface area contributed by atoms with Crippen LogP contribution in [-0.2, 0) is 10.3 Å². The minimum atomic E-state index is 0.0758. The first-order valence-electron chi connectivity index (χ1n) is 6.93. The van der Waals surface area contributed by atoms with Crippen molar-refractivity contribution in [3.8, 4) is 0 Å². The normalized spacial score (nSPS) is 27.5. The number of nitrogens with zero attached hydrogens (tertiary/aromatic N) is 1. The summed E-state index contributed by atoms with van der Waals surface area (Å²) in [6.45, 7) is 10.4. The van der Waals surface area contributed by atoms with Gasteiger partial charge in [0.15, 0.2) is 0 Å². The molecule has 0 spiro atoms. The topological polar surface area (TPSA) is 34.2 Å². The van der Waals surface area contributed by atoms with Crippen LogP contribution in [0.2, 0.25) is 0 Å². The van der Waals surface area contributed by atoms with Gasteiger partial charge in [0, 0.05) is 12.0 Å². The number of rotatable bonds is 6. The van der Waals surface area contributed by atoms with Gasteiger partial charge in [-0.15, -0.1) is 11.3 Å². The van der Waals surface area contributed by atoms with Crippen molar-refractivity contribution in [2.45, 2.75) is 58.1 Å². The van der Waals surface area contributed by atoms with Gasteiger partial charge in [0.1, 0.15) is 5.01 Å². The molecule has 0 amide bonds. The number of nitrogens with one attached hydrogen (secondary N) is 1. The number of thiazole rings is 1. The summed E-state index contributed by atoms with van der Waals surface area (Å²) in [6, 6.07) is 0. The molecule has 4 heteroatoms. The minimum Gasteiger partial charge on any atom is -0.378 e. The standard InChI is InChI=1S/C14H24N2OS/c1-5-15-14(7-11(8-14)17-6-2)13-16-12(9-18-13)10(3)4/h9-11,15H,5-8H2,1-4H3. The third-order valence-corrected chi connectivity index (χ3v) is 4.66. The van der Waals surface area contributed by atoms with Gasteiger partial charge in [0.2, 0.25) is 0 Å². The van der Waals surface area contributed by atoms with E-state index < -0.39 is 0 Å². The van der Waals surface area contributed by atoms with Crippen molar-refractivity contribution >= 4 is 11.3 Å². The minimum absolute atomic E-state index is 0.0758. The van der Waals surface area contributed by atoms with Crippen molar-refractivity contribution in [1.29, 1.82) is 0 Å². The lowest BCUT2D eigenvalue weighted by Gasteiger charge is -2.46. The Hall–Kier alpha value is -0.450. The summed E-state index contributed by atoms with van der Waals surface area (Å²) in [5.74, 6) is 0.511. The highest BCUT2D eigenvalue weighted by molar-refractivity contribution is 7.09. The maximum absolute atomic E-state index is 5.69. The van der Waals surface area contributed by atoms with E-state index in [2.05, 4.69) is 38.4 Å². The van der Waals surface area contributed by atoms with E-state index in [0.29, 0.717) is 12.0 Å². The molecular weight excluding hydrogens is 244 g/mol. The van der Waals surface area contributed by atoms with Crippen molar-refractivity contribution in [2.24, 2.45) is 0 Å². The van der Waals surface area contributed by atoms with Crippen LogP contribution >= 0.6 is 11.3 Å². The van der Waals surface area contributed by atoms with Crippen LogP contribution in [0, 0.1) is 0 Å². The van der Waals surface area contributed by atoms with Crippen molar-refractivity contribution in [2.75, 3.05) is 13.2 Å². The lowest BCUT2D eigenvalue weighted by Crippen LogP contribution is -2.55. The maximum atomic E-state index is 5.69. The Morgan fingerprint density at radius 1 is 1.50 bits per heavy atom. The number of hydrogen-bond donors (Lipinski definition) is 1. The van der Waals surface area contributed by atoms with E-state index in [0.717, 1.165) is 26.0 Å². The van der Waals surface area contributed by atoms with Gasteiger partial charge in [0.25, 0.3) is 0 Å². The quantitative estimate of drug-likeness (QED) is 0.860. The molecule has 3 nitrogen and oxygen atoms in total. The largest absolute Gasteiger partial charge is 0.378 e. The Morgan fingerprint density at radius 3 is 2.72 bits per heavy atom. The molecule has 1 fully saturated rings. The fraction of sp³-hybridized carbons (Fsp3) is 0.786. The Labute approximate surface area is 114 Å². The molecule has 1 heterocycles. The summed E-state index contributed by atoms with van der Waals surface area (Å²) >= 11 is 1.79. The van der Waals surface area contributed by atoms with E-state index in [4.69, 9.17) is 9.72 Å². The molecule has 1 N–H and O–H groups in total. The summed E-state index contributed by atoms with van der Waals surface area (Å²) in [4.78, 5) is 4.82. The molecular formula is C14H24N2OS. The summed E-state index contributed by atoms with van der Waals surface area (Å²) in [6.07, 6.45) is 2.51. The summed E-state index contributed by atoms with van der Waals surface area (Å²) in [5.41, 5.74) is 1.29. The Kier molecular flexibility index (Phi) is 4.41. The zero-order valence-corrected chi connectivity index (χ0v) is 12.6. The molecule has 1 aliphatic rings. The predicted molar refractivity (Wildman–Crippen MR) is 76.2 cm³/mol. The summed E-state index contributed by atoms with van der Waals surface area (Å²) < 4.78 is 5.69. The lowest BCUT2D eigenvalue weighted by molar-refractivity contribution is -0.0531. The second kappa shape index (κ2) is 5.68. The van der Waals surface area contributed by atoms with Crippen molar-refractivity contribution in [1.82, 2.24) is 10.3 Å². The second-order valence-electron chi connectivity index (χ2n) is 5.33. The molecule has 18 heavy (non-hydrogen) atoms. The SMILES string of the molecule is CCNC1(c2nc(C(C)C)cs2)CC(OCC)C1. The van der Waals surface area contributed by atoms with E-state index in [9.17, 15) is 0 Å². The fourth-order valence-corrected chi connectivity index (χ4v) is 3.75. The first kappa shape index (κ1) is 14.0. The average Bonchev–Trinajstić information content (AvgIpc) is 2.75. The van der Waals surface area contributed by atoms with Gasteiger partial charge in [-0.2, -0.15) is 0 Å². The number of aromatic nitrogens is 1. The predicted octanol–water partition coefficient (Wildman–Crippen LogP) is 3.27. The van der Waals surface area contributed by atoms with Gasteiger partial charge in [-0.3, -0.25) is 0 Å². The molecule has 102 valence electrons. The molecule has 1 aromatic heterocycles. The molecule has 0 saturated heterocycles. The smallest absolute Gasteiger partial charge is 0.113 e. The highest BCUT2D eigenvalue weighted by atomic mass is 32.1. The highest BCUT2D eigenvalue weighted by Gasteiger charge is 2.47. The molecule has 1 saturated carbocycles. The van der Waals surface area contributed by atoms with Gasteiger partial charge in [-0.25, -0.2) is 4.98 Å². The highest BCUT2D eigenvalue weighted by Crippen LogP contribution is 2.44. The van der Waals surface area contributed by atoms with Crippen LogP contribution in [0.5, 0.6) is 0 Å². The Balaban J connectivity index is 2.10. The second-order valence-corrected chi connectivity index (χ2v) is 6.19. The molecule has 1 aromatic rings. The van der Waals surface area contributed by atoms with Crippen LogP contribution in [0.1, 0.15) is 57.2 Å².